The van der Waals surface area contributed by atoms with Gasteiger partial charge in [-0.25, -0.2) is 18.4 Å². The molecule has 50 heavy (non-hydrogen) atoms. The molecular formula is C38H46F2N2O7S. The molecule has 1 unspecified atom stereocenters. The first-order valence-electron chi connectivity index (χ1n) is 16.7. The maximum absolute atomic E-state index is 13.6. The summed E-state index contributed by atoms with van der Waals surface area (Å²) in [5.41, 5.74) is 4.29. The quantitative estimate of drug-likeness (QED) is 0.182. The zero-order chi connectivity index (χ0) is 36.1. The van der Waals surface area contributed by atoms with E-state index in [1.807, 2.05) is 36.0 Å². The maximum Gasteiger partial charge on any atom is 0.328 e. The van der Waals surface area contributed by atoms with Crippen molar-refractivity contribution in [2.75, 3.05) is 65.8 Å². The third-order valence-electron chi connectivity index (χ3n) is 9.12. The number of fused-ring (bicyclic) bond motifs is 1. The molecular weight excluding hydrogens is 666 g/mol. The Morgan fingerprint density at radius 3 is 1.84 bits per heavy atom. The molecule has 1 atom stereocenters. The summed E-state index contributed by atoms with van der Waals surface area (Å²) in [5.74, 6) is -0.535. The average molecular weight is 713 g/mol. The molecule has 1 saturated heterocycles. The maximum atomic E-state index is 13.6. The van der Waals surface area contributed by atoms with Crippen LogP contribution in [0.15, 0.2) is 72.8 Å². The molecule has 3 aromatic carbocycles. The third kappa shape index (κ3) is 10.8. The van der Waals surface area contributed by atoms with Crippen molar-refractivity contribution in [1.82, 2.24) is 9.80 Å². The summed E-state index contributed by atoms with van der Waals surface area (Å²) >= 11 is 1.83. The number of hydrogen-bond acceptors (Lipinski definition) is 8. The minimum atomic E-state index is -1.26. The highest BCUT2D eigenvalue weighted by molar-refractivity contribution is 7.99. The predicted molar refractivity (Wildman–Crippen MR) is 190 cm³/mol. The van der Waals surface area contributed by atoms with Gasteiger partial charge < -0.3 is 29.3 Å². The van der Waals surface area contributed by atoms with Gasteiger partial charge in [-0.3, -0.25) is 4.90 Å². The van der Waals surface area contributed by atoms with Crippen LogP contribution in [0.3, 0.4) is 0 Å². The number of thioether (sulfide) groups is 1. The van der Waals surface area contributed by atoms with Gasteiger partial charge in [-0.15, -0.1) is 11.8 Å². The molecule has 2 N–H and O–H groups in total. The number of methoxy groups -OCH3 is 2. The highest BCUT2D eigenvalue weighted by Crippen LogP contribution is 2.44. The van der Waals surface area contributed by atoms with Gasteiger partial charge in [0.1, 0.15) is 11.6 Å². The van der Waals surface area contributed by atoms with Crippen LogP contribution in [0.5, 0.6) is 11.5 Å². The highest BCUT2D eigenvalue weighted by atomic mass is 32.2. The Bertz CT molecular complexity index is 1520. The molecule has 12 heteroatoms. The summed E-state index contributed by atoms with van der Waals surface area (Å²) in [6.45, 7) is 9.02. The average Bonchev–Trinajstić information content (AvgIpc) is 3.12. The molecule has 0 bridgehead atoms. The van der Waals surface area contributed by atoms with E-state index in [1.54, 1.807) is 14.2 Å². The summed E-state index contributed by atoms with van der Waals surface area (Å²) in [4.78, 5) is 24.2. The van der Waals surface area contributed by atoms with Gasteiger partial charge in [0.15, 0.2) is 11.5 Å². The Hall–Kier alpha value is -3.97. The zero-order valence-corrected chi connectivity index (χ0v) is 29.6. The molecule has 3 aromatic rings. The molecule has 0 radical (unpaired) electrons. The fourth-order valence-corrected chi connectivity index (χ4v) is 7.64. The van der Waals surface area contributed by atoms with Crippen molar-refractivity contribution in [2.24, 2.45) is 0 Å². The van der Waals surface area contributed by atoms with Crippen molar-refractivity contribution in [1.29, 1.82) is 0 Å². The molecule has 0 spiro atoms. The van der Waals surface area contributed by atoms with Crippen molar-refractivity contribution >= 4 is 23.7 Å². The summed E-state index contributed by atoms with van der Waals surface area (Å²) in [7, 11) is 3.37. The molecule has 270 valence electrons. The van der Waals surface area contributed by atoms with E-state index in [0.29, 0.717) is 12.2 Å². The van der Waals surface area contributed by atoms with E-state index in [-0.39, 0.29) is 22.5 Å². The lowest BCUT2D eigenvalue weighted by atomic mass is 9.81. The molecule has 0 amide bonds. The fourth-order valence-electron chi connectivity index (χ4n) is 6.34. The number of benzene rings is 3. The van der Waals surface area contributed by atoms with Crippen LogP contribution in [0.1, 0.15) is 47.3 Å². The van der Waals surface area contributed by atoms with Crippen LogP contribution in [0, 0.1) is 11.6 Å². The minimum Gasteiger partial charge on any atom is -0.493 e. The molecule has 2 aliphatic rings. The van der Waals surface area contributed by atoms with Gasteiger partial charge in [0.25, 0.3) is 0 Å². The Morgan fingerprint density at radius 1 is 0.860 bits per heavy atom. The molecule has 0 aromatic heterocycles. The van der Waals surface area contributed by atoms with Gasteiger partial charge in [-0.05, 0) is 77.9 Å². The van der Waals surface area contributed by atoms with Crippen LogP contribution in [-0.2, 0) is 26.3 Å². The van der Waals surface area contributed by atoms with Crippen molar-refractivity contribution in [3.63, 3.8) is 0 Å². The van der Waals surface area contributed by atoms with E-state index in [4.69, 9.17) is 24.4 Å². The SMILES string of the molecule is CCC1(CCN2CCN(CCSC(c3ccc(F)cc3)c3ccc(F)cc3)CC2)OCCc2cc(OC)c(OC)cc21.O=C(O)/C=C\C(=O)O. The van der Waals surface area contributed by atoms with E-state index in [2.05, 4.69) is 28.9 Å². The van der Waals surface area contributed by atoms with Crippen LogP contribution in [-0.4, -0.2) is 97.8 Å². The predicted octanol–water partition coefficient (Wildman–Crippen LogP) is 6.40. The number of ether oxygens (including phenoxy) is 3. The van der Waals surface area contributed by atoms with Crippen molar-refractivity contribution in [3.8, 4) is 11.5 Å². The summed E-state index contributed by atoms with van der Waals surface area (Å²) in [5, 5.41) is 15.7. The van der Waals surface area contributed by atoms with Crippen LogP contribution in [0.25, 0.3) is 0 Å². The Kier molecular flexibility index (Phi) is 14.6. The van der Waals surface area contributed by atoms with E-state index >= 15 is 0 Å². The number of aliphatic carboxylic acids is 2. The second-order valence-corrected chi connectivity index (χ2v) is 13.3. The number of carboxylic acid groups (broad SMARTS) is 2. The van der Waals surface area contributed by atoms with Crippen LogP contribution >= 0.6 is 11.8 Å². The lowest BCUT2D eigenvalue weighted by molar-refractivity contribution is -0.134. The largest absolute Gasteiger partial charge is 0.493 e. The van der Waals surface area contributed by atoms with E-state index in [1.165, 1.54) is 35.4 Å². The number of carboxylic acids is 2. The van der Waals surface area contributed by atoms with E-state index in [9.17, 15) is 18.4 Å². The Labute approximate surface area is 296 Å². The normalized spacial score (nSPS) is 18.0. The van der Waals surface area contributed by atoms with Gasteiger partial charge in [0.05, 0.1) is 31.7 Å². The van der Waals surface area contributed by atoms with Crippen molar-refractivity contribution < 1.29 is 42.8 Å². The molecule has 5 rings (SSSR count). The summed E-state index contributed by atoms with van der Waals surface area (Å²) < 4.78 is 44.8. The van der Waals surface area contributed by atoms with Gasteiger partial charge in [0.2, 0.25) is 0 Å². The zero-order valence-electron chi connectivity index (χ0n) is 28.8. The molecule has 0 saturated carbocycles. The van der Waals surface area contributed by atoms with Crippen LogP contribution in [0.2, 0.25) is 0 Å². The summed E-state index contributed by atoms with van der Waals surface area (Å²) in [6, 6.07) is 17.6. The van der Waals surface area contributed by atoms with Gasteiger partial charge in [0, 0.05) is 57.2 Å². The lowest BCUT2D eigenvalue weighted by Gasteiger charge is -2.41. The topological polar surface area (TPSA) is 109 Å². The standard InChI is InChI=1S/C34H42F2N2O3S.C4H4O4/c1-4-34(30-24-32(40-3)31(39-2)23-27(30)13-21-41-34)14-15-37-16-18-38(19-17-37)20-22-42-33(25-5-9-28(35)10-6-25)26-7-11-29(36)12-8-26;5-3(6)1-2-4(7)8/h5-12,23-24,33H,4,13-22H2,1-3H3;1-2H,(H,5,6)(H,7,8)/b;2-1-. The molecule has 2 heterocycles. The Balaban J connectivity index is 0.000000627. The number of halogens is 2. The smallest absolute Gasteiger partial charge is 0.328 e. The molecule has 2 aliphatic heterocycles. The second kappa shape index (κ2) is 18.9. The van der Waals surface area contributed by atoms with Crippen molar-refractivity contribution in [2.45, 2.75) is 37.0 Å². The van der Waals surface area contributed by atoms with Gasteiger partial charge in [-0.1, -0.05) is 31.2 Å². The van der Waals surface area contributed by atoms with Crippen molar-refractivity contribution in [3.05, 3.63) is 107 Å². The first-order chi connectivity index (χ1) is 24.1. The number of piperazine rings is 1. The fraction of sp³-hybridized carbons (Fsp3) is 0.421. The molecule has 9 nitrogen and oxygen atoms in total. The Morgan fingerprint density at radius 2 is 1.36 bits per heavy atom. The number of carbonyl (C=O) groups is 2. The number of rotatable bonds is 14. The molecule has 0 aliphatic carbocycles. The van der Waals surface area contributed by atoms with Gasteiger partial charge >= 0.3 is 11.9 Å². The van der Waals surface area contributed by atoms with E-state index < -0.39 is 11.9 Å². The monoisotopic (exact) mass is 712 g/mol. The number of hydrogen-bond donors (Lipinski definition) is 2. The van der Waals surface area contributed by atoms with Crippen LogP contribution in [0.4, 0.5) is 8.78 Å². The van der Waals surface area contributed by atoms with E-state index in [0.717, 1.165) is 93.5 Å². The minimum absolute atomic E-state index is 0.0367. The van der Waals surface area contributed by atoms with Crippen LogP contribution < -0.4 is 9.47 Å². The van der Waals surface area contributed by atoms with Gasteiger partial charge in [-0.2, -0.15) is 0 Å². The second-order valence-electron chi connectivity index (χ2n) is 12.1. The third-order valence-corrected chi connectivity index (χ3v) is 10.4. The first-order valence-corrected chi connectivity index (χ1v) is 17.7. The molecule has 1 fully saturated rings. The highest BCUT2D eigenvalue weighted by Gasteiger charge is 2.38. The lowest BCUT2D eigenvalue weighted by Crippen LogP contribution is -2.48. The first kappa shape index (κ1) is 38.8. The number of nitrogens with zero attached hydrogens (tertiary/aromatic N) is 2. The summed E-state index contributed by atoms with van der Waals surface area (Å²) in [6.07, 6.45) is 3.86.